The molecule has 1 aromatic heterocycles. The third kappa shape index (κ3) is 3.55. The SMILES string of the molecule is Cc1nc(C2CCC(C)CC2)sc1CNC(C)C. The Labute approximate surface area is 115 Å². The maximum absolute atomic E-state index is 4.82. The van der Waals surface area contributed by atoms with Crippen LogP contribution in [0.1, 0.15) is 68.0 Å². The molecule has 0 spiro atoms. The summed E-state index contributed by atoms with van der Waals surface area (Å²) in [6.45, 7) is 9.90. The minimum atomic E-state index is 0.547. The summed E-state index contributed by atoms with van der Waals surface area (Å²) in [4.78, 5) is 6.24. The van der Waals surface area contributed by atoms with Crippen molar-refractivity contribution in [3.63, 3.8) is 0 Å². The number of nitrogens with one attached hydrogen (secondary N) is 1. The summed E-state index contributed by atoms with van der Waals surface area (Å²) in [5.74, 6) is 1.65. The summed E-state index contributed by atoms with van der Waals surface area (Å²) in [6.07, 6.45) is 5.43. The second-order valence-electron chi connectivity index (χ2n) is 6.05. The molecule has 0 radical (unpaired) electrons. The van der Waals surface area contributed by atoms with Crippen molar-refractivity contribution in [2.45, 2.75) is 71.9 Å². The second-order valence-corrected chi connectivity index (χ2v) is 7.17. The van der Waals surface area contributed by atoms with Gasteiger partial charge in [-0.15, -0.1) is 11.3 Å². The van der Waals surface area contributed by atoms with Crippen molar-refractivity contribution in [2.75, 3.05) is 0 Å². The summed E-state index contributed by atoms with van der Waals surface area (Å²) in [5, 5.41) is 4.89. The van der Waals surface area contributed by atoms with Crippen molar-refractivity contribution in [1.29, 1.82) is 0 Å². The highest BCUT2D eigenvalue weighted by Crippen LogP contribution is 2.37. The summed E-state index contributed by atoms with van der Waals surface area (Å²) in [7, 11) is 0. The lowest BCUT2D eigenvalue weighted by Crippen LogP contribution is -2.21. The largest absolute Gasteiger partial charge is 0.310 e. The lowest BCUT2D eigenvalue weighted by Gasteiger charge is -2.24. The average molecular weight is 266 g/mol. The van der Waals surface area contributed by atoms with Crippen LogP contribution in [-0.2, 0) is 6.54 Å². The van der Waals surface area contributed by atoms with E-state index in [-0.39, 0.29) is 0 Å². The van der Waals surface area contributed by atoms with E-state index in [0.29, 0.717) is 6.04 Å². The zero-order valence-corrected chi connectivity index (χ0v) is 12.9. The molecule has 1 aliphatic rings. The van der Waals surface area contributed by atoms with Crippen LogP contribution in [0.4, 0.5) is 0 Å². The molecule has 102 valence electrons. The highest BCUT2D eigenvalue weighted by molar-refractivity contribution is 7.11. The Bertz CT molecular complexity index is 376. The molecular weight excluding hydrogens is 240 g/mol. The zero-order valence-electron chi connectivity index (χ0n) is 12.1. The molecule has 1 saturated carbocycles. The second kappa shape index (κ2) is 6.16. The van der Waals surface area contributed by atoms with Gasteiger partial charge in [-0.3, -0.25) is 0 Å². The van der Waals surface area contributed by atoms with E-state index in [1.807, 2.05) is 11.3 Å². The van der Waals surface area contributed by atoms with Crippen LogP contribution in [0.15, 0.2) is 0 Å². The minimum absolute atomic E-state index is 0.547. The molecule has 0 saturated heterocycles. The predicted octanol–water partition coefficient (Wildman–Crippen LogP) is 4.24. The highest BCUT2D eigenvalue weighted by atomic mass is 32.1. The fourth-order valence-electron chi connectivity index (χ4n) is 2.59. The summed E-state index contributed by atoms with van der Waals surface area (Å²) in [5.41, 5.74) is 1.24. The molecule has 0 bridgehead atoms. The fraction of sp³-hybridized carbons (Fsp3) is 0.800. The molecule has 2 rings (SSSR count). The number of thiazole rings is 1. The minimum Gasteiger partial charge on any atom is -0.310 e. The lowest BCUT2D eigenvalue weighted by atomic mass is 9.83. The van der Waals surface area contributed by atoms with Crippen molar-refractivity contribution in [2.24, 2.45) is 5.92 Å². The molecule has 1 N–H and O–H groups in total. The summed E-state index contributed by atoms with van der Waals surface area (Å²) >= 11 is 1.94. The van der Waals surface area contributed by atoms with E-state index in [9.17, 15) is 0 Å². The molecule has 0 atom stereocenters. The molecule has 18 heavy (non-hydrogen) atoms. The van der Waals surface area contributed by atoms with Gasteiger partial charge in [-0.05, 0) is 25.7 Å². The maximum atomic E-state index is 4.82. The topological polar surface area (TPSA) is 24.9 Å². The van der Waals surface area contributed by atoms with Crippen LogP contribution in [-0.4, -0.2) is 11.0 Å². The quantitative estimate of drug-likeness (QED) is 0.881. The molecule has 0 amide bonds. The molecule has 1 aromatic rings. The van der Waals surface area contributed by atoms with Gasteiger partial charge in [0.25, 0.3) is 0 Å². The molecule has 0 aromatic carbocycles. The fourth-order valence-corrected chi connectivity index (χ4v) is 3.78. The van der Waals surface area contributed by atoms with Crippen molar-refractivity contribution in [1.82, 2.24) is 10.3 Å². The van der Waals surface area contributed by atoms with Gasteiger partial charge < -0.3 is 5.32 Å². The Kier molecular flexibility index (Phi) is 4.79. The van der Waals surface area contributed by atoms with Gasteiger partial charge in [0.2, 0.25) is 0 Å². The van der Waals surface area contributed by atoms with E-state index in [1.54, 1.807) is 0 Å². The van der Waals surface area contributed by atoms with Crippen molar-refractivity contribution >= 4 is 11.3 Å². The van der Waals surface area contributed by atoms with Crippen LogP contribution in [0.3, 0.4) is 0 Å². The van der Waals surface area contributed by atoms with Crippen molar-refractivity contribution in [3.05, 3.63) is 15.6 Å². The molecule has 1 aliphatic carbocycles. The van der Waals surface area contributed by atoms with Crippen molar-refractivity contribution in [3.8, 4) is 0 Å². The van der Waals surface area contributed by atoms with Gasteiger partial charge in [-0.1, -0.05) is 33.6 Å². The molecule has 3 heteroatoms. The van der Waals surface area contributed by atoms with Crippen LogP contribution in [0.2, 0.25) is 0 Å². The molecule has 0 aliphatic heterocycles. The Hall–Kier alpha value is -0.410. The van der Waals surface area contributed by atoms with Crippen LogP contribution >= 0.6 is 11.3 Å². The van der Waals surface area contributed by atoms with E-state index < -0.39 is 0 Å². The molecule has 1 heterocycles. The molecule has 2 nitrogen and oxygen atoms in total. The van der Waals surface area contributed by atoms with Gasteiger partial charge in [-0.25, -0.2) is 4.98 Å². The van der Waals surface area contributed by atoms with E-state index in [4.69, 9.17) is 4.98 Å². The van der Waals surface area contributed by atoms with Crippen LogP contribution < -0.4 is 5.32 Å². The summed E-state index contributed by atoms with van der Waals surface area (Å²) < 4.78 is 0. The normalized spacial score (nSPS) is 24.7. The third-order valence-electron chi connectivity index (χ3n) is 3.95. The van der Waals surface area contributed by atoms with Crippen molar-refractivity contribution < 1.29 is 0 Å². The van der Waals surface area contributed by atoms with E-state index in [1.165, 1.54) is 41.3 Å². The first-order valence-electron chi connectivity index (χ1n) is 7.25. The first-order valence-corrected chi connectivity index (χ1v) is 8.07. The predicted molar refractivity (Wildman–Crippen MR) is 79.2 cm³/mol. The number of hydrogen-bond donors (Lipinski definition) is 1. The number of aromatic nitrogens is 1. The third-order valence-corrected chi connectivity index (χ3v) is 5.27. The van der Waals surface area contributed by atoms with Gasteiger partial charge in [0, 0.05) is 23.4 Å². The van der Waals surface area contributed by atoms with E-state index in [2.05, 4.69) is 33.0 Å². The van der Waals surface area contributed by atoms with Crippen LogP contribution in [0.5, 0.6) is 0 Å². The maximum Gasteiger partial charge on any atom is 0.0962 e. The van der Waals surface area contributed by atoms with Gasteiger partial charge >= 0.3 is 0 Å². The van der Waals surface area contributed by atoms with Crippen LogP contribution in [0.25, 0.3) is 0 Å². The number of aryl methyl sites for hydroxylation is 1. The van der Waals surface area contributed by atoms with Crippen LogP contribution in [0, 0.1) is 12.8 Å². The first kappa shape index (κ1) is 14.0. The summed E-state index contributed by atoms with van der Waals surface area (Å²) in [6, 6.07) is 0.547. The van der Waals surface area contributed by atoms with E-state index >= 15 is 0 Å². The monoisotopic (exact) mass is 266 g/mol. The highest BCUT2D eigenvalue weighted by Gasteiger charge is 2.23. The Morgan fingerprint density at radius 3 is 2.56 bits per heavy atom. The van der Waals surface area contributed by atoms with Gasteiger partial charge in [0.15, 0.2) is 0 Å². The molecular formula is C15H26N2S. The molecule has 0 unspecified atom stereocenters. The van der Waals surface area contributed by atoms with Gasteiger partial charge in [-0.2, -0.15) is 0 Å². The Balaban J connectivity index is 1.99. The molecule has 1 fully saturated rings. The number of nitrogens with zero attached hydrogens (tertiary/aromatic N) is 1. The number of hydrogen-bond acceptors (Lipinski definition) is 3. The Morgan fingerprint density at radius 2 is 1.94 bits per heavy atom. The first-order chi connectivity index (χ1) is 8.56. The standard InChI is InChI=1S/C15H26N2S/c1-10(2)16-9-14-12(4)17-15(18-14)13-7-5-11(3)6-8-13/h10-11,13,16H,5-9H2,1-4H3. The van der Waals surface area contributed by atoms with Gasteiger partial charge in [0.05, 0.1) is 10.7 Å². The average Bonchev–Trinajstić information content (AvgIpc) is 2.69. The smallest absolute Gasteiger partial charge is 0.0962 e. The van der Waals surface area contributed by atoms with Gasteiger partial charge in [0.1, 0.15) is 0 Å². The van der Waals surface area contributed by atoms with E-state index in [0.717, 1.165) is 18.4 Å². The Morgan fingerprint density at radius 1 is 1.28 bits per heavy atom. The zero-order chi connectivity index (χ0) is 13.1. The number of rotatable bonds is 4. The lowest BCUT2D eigenvalue weighted by molar-refractivity contribution is 0.347.